The summed E-state index contributed by atoms with van der Waals surface area (Å²) < 4.78 is 28.2. The van der Waals surface area contributed by atoms with Crippen LogP contribution in [0.5, 0.6) is 0 Å². The Morgan fingerprint density at radius 1 is 1.11 bits per heavy atom. The Kier molecular flexibility index (Phi) is 5.94. The minimum atomic E-state index is -3.62. The number of likely N-dealkylation sites (N-methyl/N-ethyl adjacent to an activating group) is 1. The molecule has 2 N–H and O–H groups in total. The molecular formula is C20H25N3O3S. The fourth-order valence-corrected chi connectivity index (χ4v) is 4.26. The number of nitrogens with one attached hydrogen (secondary N) is 2. The quantitative estimate of drug-likeness (QED) is 0.762. The highest BCUT2D eigenvalue weighted by Crippen LogP contribution is 2.25. The van der Waals surface area contributed by atoms with Gasteiger partial charge in [0, 0.05) is 24.7 Å². The van der Waals surface area contributed by atoms with Crippen LogP contribution in [0.1, 0.15) is 17.5 Å². The van der Waals surface area contributed by atoms with Crippen LogP contribution in [-0.4, -0.2) is 45.9 Å². The van der Waals surface area contributed by atoms with Crippen LogP contribution in [0.25, 0.3) is 0 Å². The van der Waals surface area contributed by atoms with Crippen molar-refractivity contribution in [1.82, 2.24) is 9.62 Å². The minimum absolute atomic E-state index is 0.0361. The molecule has 1 aliphatic rings. The average Bonchev–Trinajstić information content (AvgIpc) is 2.65. The standard InChI is InChI=1S/C20H25N3O3S/c1-23(2)17(12-15-6-4-3-5-7-15)14-21-27(25,26)18-9-10-19-16(13-18)8-11-20(24)22-19/h3-7,9-10,13,17,21H,8,11-12,14H2,1-2H3,(H,22,24). The lowest BCUT2D eigenvalue weighted by Crippen LogP contribution is -2.41. The zero-order chi connectivity index (χ0) is 19.4. The molecule has 27 heavy (non-hydrogen) atoms. The number of carbonyl (C=O) groups excluding carboxylic acids is 1. The SMILES string of the molecule is CN(C)C(CNS(=O)(=O)c1ccc2c(c1)CCC(=O)N2)Cc1ccccc1. The molecule has 0 aliphatic carbocycles. The largest absolute Gasteiger partial charge is 0.326 e. The van der Waals surface area contributed by atoms with Crippen LogP contribution in [0.2, 0.25) is 0 Å². The van der Waals surface area contributed by atoms with Crippen LogP contribution in [0.3, 0.4) is 0 Å². The highest BCUT2D eigenvalue weighted by atomic mass is 32.2. The molecule has 6 nitrogen and oxygen atoms in total. The molecule has 1 atom stereocenters. The lowest BCUT2D eigenvalue weighted by atomic mass is 10.0. The van der Waals surface area contributed by atoms with Gasteiger partial charge < -0.3 is 10.2 Å². The molecule has 0 saturated heterocycles. The Morgan fingerprint density at radius 3 is 2.56 bits per heavy atom. The van der Waals surface area contributed by atoms with Gasteiger partial charge in [0.25, 0.3) is 0 Å². The van der Waals surface area contributed by atoms with Crippen molar-refractivity contribution in [2.24, 2.45) is 0 Å². The molecule has 7 heteroatoms. The van der Waals surface area contributed by atoms with E-state index in [2.05, 4.69) is 10.0 Å². The van der Waals surface area contributed by atoms with Gasteiger partial charge in [-0.15, -0.1) is 0 Å². The van der Waals surface area contributed by atoms with Gasteiger partial charge in [0.1, 0.15) is 0 Å². The van der Waals surface area contributed by atoms with Gasteiger partial charge in [-0.2, -0.15) is 0 Å². The third kappa shape index (κ3) is 4.94. The second-order valence-electron chi connectivity index (χ2n) is 7.03. The van der Waals surface area contributed by atoms with E-state index in [0.717, 1.165) is 12.0 Å². The van der Waals surface area contributed by atoms with Gasteiger partial charge in [-0.25, -0.2) is 13.1 Å². The first kappa shape index (κ1) is 19.5. The smallest absolute Gasteiger partial charge is 0.240 e. The zero-order valence-corrected chi connectivity index (χ0v) is 16.4. The van der Waals surface area contributed by atoms with E-state index in [9.17, 15) is 13.2 Å². The number of amides is 1. The molecular weight excluding hydrogens is 362 g/mol. The molecule has 1 unspecified atom stereocenters. The average molecular weight is 388 g/mol. The molecule has 3 rings (SSSR count). The second-order valence-corrected chi connectivity index (χ2v) is 8.79. The Bertz CT molecular complexity index is 911. The number of hydrogen-bond acceptors (Lipinski definition) is 4. The summed E-state index contributed by atoms with van der Waals surface area (Å²) in [6.07, 6.45) is 1.69. The van der Waals surface area contributed by atoms with Crippen molar-refractivity contribution in [3.05, 3.63) is 59.7 Å². The number of hydrogen-bond donors (Lipinski definition) is 2. The molecule has 2 aromatic rings. The number of anilines is 1. The van der Waals surface area contributed by atoms with Crippen LogP contribution in [0, 0.1) is 0 Å². The van der Waals surface area contributed by atoms with E-state index < -0.39 is 10.0 Å². The molecule has 0 aromatic heterocycles. The number of rotatable bonds is 7. The summed E-state index contributed by atoms with van der Waals surface area (Å²) in [5.74, 6) is -0.0361. The molecule has 144 valence electrons. The number of carbonyl (C=O) groups is 1. The summed E-state index contributed by atoms with van der Waals surface area (Å²) in [6, 6.07) is 14.9. The van der Waals surface area contributed by atoms with E-state index in [-0.39, 0.29) is 16.8 Å². The number of fused-ring (bicyclic) bond motifs is 1. The second kappa shape index (κ2) is 8.21. The number of aryl methyl sites for hydroxylation is 1. The van der Waals surface area contributed by atoms with Gasteiger partial charge in [-0.05, 0) is 56.3 Å². The summed E-state index contributed by atoms with van der Waals surface area (Å²) in [5, 5.41) is 2.77. The van der Waals surface area contributed by atoms with Gasteiger partial charge in [-0.1, -0.05) is 30.3 Å². The number of benzene rings is 2. The normalized spacial score (nSPS) is 15.3. The van der Waals surface area contributed by atoms with E-state index in [1.54, 1.807) is 12.1 Å². The molecule has 0 saturated carbocycles. The third-order valence-electron chi connectivity index (χ3n) is 4.84. The summed E-state index contributed by atoms with van der Waals surface area (Å²) in [7, 11) is 0.278. The van der Waals surface area contributed by atoms with Crippen molar-refractivity contribution >= 4 is 21.6 Å². The Morgan fingerprint density at radius 2 is 1.85 bits per heavy atom. The molecule has 1 amide bonds. The molecule has 0 fully saturated rings. The molecule has 0 spiro atoms. The lowest BCUT2D eigenvalue weighted by Gasteiger charge is -2.25. The number of nitrogens with zero attached hydrogens (tertiary/aromatic N) is 1. The highest BCUT2D eigenvalue weighted by Gasteiger charge is 2.21. The topological polar surface area (TPSA) is 78.5 Å². The van der Waals surface area contributed by atoms with Crippen LogP contribution in [0.4, 0.5) is 5.69 Å². The predicted molar refractivity (Wildman–Crippen MR) is 106 cm³/mol. The summed E-state index contributed by atoms with van der Waals surface area (Å²) in [5.41, 5.74) is 2.71. The van der Waals surface area contributed by atoms with Crippen LogP contribution in [0.15, 0.2) is 53.4 Å². The molecule has 2 aromatic carbocycles. The first-order chi connectivity index (χ1) is 12.8. The predicted octanol–water partition coefficient (Wildman–Crippen LogP) is 2.02. The van der Waals surface area contributed by atoms with Crippen molar-refractivity contribution < 1.29 is 13.2 Å². The molecule has 1 heterocycles. The maximum Gasteiger partial charge on any atom is 0.240 e. The van der Waals surface area contributed by atoms with Crippen molar-refractivity contribution in [1.29, 1.82) is 0 Å². The van der Waals surface area contributed by atoms with Crippen molar-refractivity contribution in [3.8, 4) is 0 Å². The fraction of sp³-hybridized carbons (Fsp3) is 0.350. The monoisotopic (exact) mass is 387 g/mol. The van der Waals surface area contributed by atoms with Gasteiger partial charge >= 0.3 is 0 Å². The van der Waals surface area contributed by atoms with Crippen LogP contribution in [-0.2, 0) is 27.7 Å². The summed E-state index contributed by atoms with van der Waals surface area (Å²) in [4.78, 5) is 13.7. The van der Waals surface area contributed by atoms with E-state index >= 15 is 0 Å². The first-order valence-corrected chi connectivity index (χ1v) is 10.5. The fourth-order valence-electron chi connectivity index (χ4n) is 3.14. The van der Waals surface area contributed by atoms with Gasteiger partial charge in [0.05, 0.1) is 4.90 Å². The molecule has 0 bridgehead atoms. The molecule has 0 radical (unpaired) electrons. The van der Waals surface area contributed by atoms with Crippen LogP contribution >= 0.6 is 0 Å². The van der Waals surface area contributed by atoms with Crippen LogP contribution < -0.4 is 10.0 Å². The molecule has 1 aliphatic heterocycles. The third-order valence-corrected chi connectivity index (χ3v) is 6.26. The van der Waals surface area contributed by atoms with Crippen molar-refractivity contribution in [2.75, 3.05) is 26.0 Å². The maximum absolute atomic E-state index is 12.7. The van der Waals surface area contributed by atoms with E-state index in [0.29, 0.717) is 25.1 Å². The lowest BCUT2D eigenvalue weighted by molar-refractivity contribution is -0.116. The van der Waals surface area contributed by atoms with E-state index in [4.69, 9.17) is 0 Å². The summed E-state index contributed by atoms with van der Waals surface area (Å²) in [6.45, 7) is 0.318. The van der Waals surface area contributed by atoms with E-state index in [1.165, 1.54) is 11.6 Å². The number of sulfonamides is 1. The van der Waals surface area contributed by atoms with Crippen molar-refractivity contribution in [3.63, 3.8) is 0 Å². The van der Waals surface area contributed by atoms with E-state index in [1.807, 2.05) is 49.3 Å². The van der Waals surface area contributed by atoms with Gasteiger partial charge in [0.2, 0.25) is 15.9 Å². The van der Waals surface area contributed by atoms with Gasteiger partial charge in [-0.3, -0.25) is 4.79 Å². The maximum atomic E-state index is 12.7. The first-order valence-electron chi connectivity index (χ1n) is 8.98. The summed E-state index contributed by atoms with van der Waals surface area (Å²) >= 11 is 0. The Hall–Kier alpha value is -2.22. The zero-order valence-electron chi connectivity index (χ0n) is 15.6. The van der Waals surface area contributed by atoms with Gasteiger partial charge in [0.15, 0.2) is 0 Å². The van der Waals surface area contributed by atoms with Crippen molar-refractivity contribution in [2.45, 2.75) is 30.2 Å². The highest BCUT2D eigenvalue weighted by molar-refractivity contribution is 7.89. The minimum Gasteiger partial charge on any atom is -0.326 e. The Labute approximate surface area is 160 Å². The Balaban J connectivity index is 1.70.